The molecule has 0 fully saturated rings. The molecule has 2 heterocycles. The lowest BCUT2D eigenvalue weighted by atomic mass is 10.2. The molecule has 28 heavy (non-hydrogen) atoms. The van der Waals surface area contributed by atoms with Gasteiger partial charge >= 0.3 is 11.1 Å². The number of fused-ring (bicyclic) bond motifs is 1. The summed E-state index contributed by atoms with van der Waals surface area (Å²) in [5, 5.41) is 11.3. The maximum Gasteiger partial charge on any atom is 0.316 e. The van der Waals surface area contributed by atoms with E-state index in [1.807, 2.05) is 6.92 Å². The van der Waals surface area contributed by atoms with Gasteiger partial charge in [0.1, 0.15) is 5.69 Å². The molecule has 1 N–H and O–H groups in total. The Balaban J connectivity index is 0.000000500. The second-order valence-corrected chi connectivity index (χ2v) is 6.22. The lowest BCUT2D eigenvalue weighted by Gasteiger charge is -2.11. The average molecular weight is 411 g/mol. The second-order valence-electron chi connectivity index (χ2n) is 5.40. The number of aromatic amines is 1. The number of rotatable bonds is 4. The zero-order chi connectivity index (χ0) is 21.1. The van der Waals surface area contributed by atoms with Crippen LogP contribution in [0.25, 0.3) is 16.7 Å². The van der Waals surface area contributed by atoms with Crippen LogP contribution in [-0.4, -0.2) is 41.5 Å². The first-order valence-corrected chi connectivity index (χ1v) is 8.96. The van der Waals surface area contributed by atoms with Crippen LogP contribution in [0.5, 0.6) is 0 Å². The van der Waals surface area contributed by atoms with Crippen LogP contribution in [0.1, 0.15) is 13.3 Å². The molecule has 0 amide bonds. The van der Waals surface area contributed by atoms with Gasteiger partial charge in [0.25, 0.3) is 5.69 Å². The fourth-order valence-corrected chi connectivity index (χ4v) is 2.50. The molecule has 2 aromatic heterocycles. The monoisotopic (exact) mass is 411 g/mol. The van der Waals surface area contributed by atoms with Crippen molar-refractivity contribution in [3.8, 4) is 5.69 Å². The number of hydrogen-bond donors (Lipinski definition) is 1. The maximum absolute atomic E-state index is 12.1. The van der Waals surface area contributed by atoms with E-state index in [0.29, 0.717) is 18.5 Å². The first-order valence-electron chi connectivity index (χ1n) is 7.63. The van der Waals surface area contributed by atoms with E-state index >= 15 is 0 Å². The van der Waals surface area contributed by atoms with Gasteiger partial charge in [-0.15, -0.1) is 0 Å². The summed E-state index contributed by atoms with van der Waals surface area (Å²) < 4.78 is 36.9. The normalized spacial score (nSPS) is 11.1. The molecule has 0 spiro atoms. The van der Waals surface area contributed by atoms with E-state index in [1.54, 1.807) is 6.20 Å². The van der Waals surface area contributed by atoms with Crippen LogP contribution in [0.3, 0.4) is 0 Å². The van der Waals surface area contributed by atoms with Gasteiger partial charge in [-0.3, -0.25) is 28.1 Å². The topological polar surface area (TPSA) is 196 Å². The van der Waals surface area contributed by atoms with Gasteiger partial charge in [-0.1, -0.05) is 6.92 Å². The lowest BCUT2D eigenvalue weighted by Crippen LogP contribution is -2.36. The number of H-pyrrole nitrogens is 1. The van der Waals surface area contributed by atoms with Crippen molar-refractivity contribution >= 4 is 27.1 Å². The van der Waals surface area contributed by atoms with Crippen LogP contribution in [-0.2, 0) is 16.9 Å². The van der Waals surface area contributed by atoms with Crippen molar-refractivity contribution in [2.75, 3.05) is 0 Å². The third-order valence-electron chi connectivity index (χ3n) is 3.50. The largest absolute Gasteiger partial charge is 0.759 e. The molecule has 14 heteroatoms. The molecule has 0 aliphatic rings. The molecular formula is C14H13N5O8S-2. The minimum Gasteiger partial charge on any atom is -0.759 e. The highest BCUT2D eigenvalue weighted by Crippen LogP contribution is 2.27. The SMILES string of the molecule is CCCn1c(=O)c(=O)[nH]c2cc([N+](=O)[O-])c(-n3ccnc3)cc21.O=S(=O)([O-])[O-]. The molecule has 0 aliphatic carbocycles. The smallest absolute Gasteiger partial charge is 0.316 e. The number of nitrogens with one attached hydrogen (secondary N) is 1. The Morgan fingerprint density at radius 2 is 1.89 bits per heavy atom. The zero-order valence-corrected chi connectivity index (χ0v) is 15.1. The van der Waals surface area contributed by atoms with Gasteiger partial charge in [-0.05, 0) is 12.5 Å². The van der Waals surface area contributed by atoms with Crippen molar-refractivity contribution in [1.82, 2.24) is 19.1 Å². The Kier molecular flexibility index (Phi) is 6.07. The van der Waals surface area contributed by atoms with Crippen LogP contribution in [0, 0.1) is 10.1 Å². The molecular weight excluding hydrogens is 398 g/mol. The Hall–Kier alpha value is -3.36. The summed E-state index contributed by atoms with van der Waals surface area (Å²) in [5.74, 6) is 0. The van der Waals surface area contributed by atoms with E-state index in [-0.39, 0.29) is 16.9 Å². The summed E-state index contributed by atoms with van der Waals surface area (Å²) >= 11 is 0. The van der Waals surface area contributed by atoms with Crippen molar-refractivity contribution in [3.05, 3.63) is 61.7 Å². The Labute approximate surface area is 156 Å². The molecule has 150 valence electrons. The maximum atomic E-state index is 12.1. The van der Waals surface area contributed by atoms with Crippen LogP contribution >= 0.6 is 0 Å². The first-order chi connectivity index (χ1) is 13.0. The van der Waals surface area contributed by atoms with E-state index in [4.69, 9.17) is 17.5 Å². The third kappa shape index (κ3) is 4.87. The predicted molar refractivity (Wildman–Crippen MR) is 93.4 cm³/mol. The number of hydrogen-bond acceptors (Lipinski definition) is 9. The summed E-state index contributed by atoms with van der Waals surface area (Å²) in [7, 11) is -5.17. The minimum atomic E-state index is -5.17. The quantitative estimate of drug-likeness (QED) is 0.199. The van der Waals surface area contributed by atoms with Crippen LogP contribution in [0.15, 0.2) is 40.4 Å². The molecule has 0 saturated heterocycles. The van der Waals surface area contributed by atoms with Gasteiger partial charge in [-0.2, -0.15) is 0 Å². The zero-order valence-electron chi connectivity index (χ0n) is 14.3. The van der Waals surface area contributed by atoms with E-state index in [9.17, 15) is 19.7 Å². The van der Waals surface area contributed by atoms with Gasteiger partial charge in [0, 0.05) is 35.4 Å². The van der Waals surface area contributed by atoms with Crippen molar-refractivity contribution in [3.63, 3.8) is 0 Å². The van der Waals surface area contributed by atoms with Crippen LogP contribution in [0.2, 0.25) is 0 Å². The predicted octanol–water partition coefficient (Wildman–Crippen LogP) is -0.144. The number of nitro groups is 1. The highest BCUT2D eigenvalue weighted by molar-refractivity contribution is 7.79. The highest BCUT2D eigenvalue weighted by atomic mass is 32.3. The number of imidazole rings is 1. The molecule has 0 atom stereocenters. The summed E-state index contributed by atoms with van der Waals surface area (Å²) in [6.45, 7) is 2.22. The minimum absolute atomic E-state index is 0.187. The molecule has 3 aromatic rings. The highest BCUT2D eigenvalue weighted by Gasteiger charge is 2.19. The van der Waals surface area contributed by atoms with Crippen LogP contribution < -0.4 is 11.1 Å². The van der Waals surface area contributed by atoms with E-state index in [1.165, 1.54) is 33.8 Å². The molecule has 0 saturated carbocycles. The molecule has 13 nitrogen and oxygen atoms in total. The standard InChI is InChI=1S/C14H13N5O4.H2O4S/c1-2-4-18-10-7-11(17-5-3-15-8-17)12(19(22)23)6-9(10)16-13(20)14(18)21;1-5(2,3)4/h3,5-8H,2,4H2,1H3,(H,16,20);(H2,1,2,3,4)/p-2. The lowest BCUT2D eigenvalue weighted by molar-refractivity contribution is -0.384. The summed E-state index contributed by atoms with van der Waals surface area (Å²) in [5.41, 5.74) is -0.700. The van der Waals surface area contributed by atoms with Gasteiger partial charge in [0.15, 0.2) is 0 Å². The second kappa shape index (κ2) is 8.12. The molecule has 3 rings (SSSR count). The van der Waals surface area contributed by atoms with E-state index in [2.05, 4.69) is 9.97 Å². The van der Waals surface area contributed by atoms with Gasteiger partial charge in [0.05, 0.1) is 22.3 Å². The summed E-state index contributed by atoms with van der Waals surface area (Å²) in [6.07, 6.45) is 5.15. The third-order valence-corrected chi connectivity index (χ3v) is 3.50. The van der Waals surface area contributed by atoms with Gasteiger partial charge < -0.3 is 23.2 Å². The molecule has 1 aromatic carbocycles. The fourth-order valence-electron chi connectivity index (χ4n) is 2.50. The summed E-state index contributed by atoms with van der Waals surface area (Å²) in [4.78, 5) is 40.9. The number of benzene rings is 1. The fraction of sp³-hybridized carbons (Fsp3) is 0.214. The van der Waals surface area contributed by atoms with Gasteiger partial charge in [-0.25, -0.2) is 4.98 Å². The number of aryl methyl sites for hydroxylation is 1. The number of nitrogens with zero attached hydrogens (tertiary/aromatic N) is 4. The number of nitro benzene ring substituents is 1. The van der Waals surface area contributed by atoms with Gasteiger partial charge in [0.2, 0.25) is 0 Å². The Morgan fingerprint density at radius 1 is 1.25 bits per heavy atom. The van der Waals surface area contributed by atoms with Crippen molar-refractivity contribution in [2.24, 2.45) is 0 Å². The van der Waals surface area contributed by atoms with Crippen LogP contribution in [0.4, 0.5) is 5.69 Å². The van der Waals surface area contributed by atoms with E-state index < -0.39 is 26.4 Å². The molecule has 0 aliphatic heterocycles. The Morgan fingerprint density at radius 3 is 2.39 bits per heavy atom. The first kappa shape index (κ1) is 20.9. The molecule has 0 unspecified atom stereocenters. The van der Waals surface area contributed by atoms with Crippen molar-refractivity contribution < 1.29 is 22.4 Å². The van der Waals surface area contributed by atoms with Crippen molar-refractivity contribution in [1.29, 1.82) is 0 Å². The molecule has 0 radical (unpaired) electrons. The molecule has 0 bridgehead atoms. The number of aromatic nitrogens is 4. The Bertz CT molecular complexity index is 1220. The average Bonchev–Trinajstić information content (AvgIpc) is 3.11. The summed E-state index contributed by atoms with van der Waals surface area (Å²) in [6, 6.07) is 2.78. The van der Waals surface area contributed by atoms with E-state index in [0.717, 1.165) is 0 Å². The van der Waals surface area contributed by atoms with Crippen molar-refractivity contribution in [2.45, 2.75) is 19.9 Å².